The molecule has 0 saturated heterocycles. The van der Waals surface area contributed by atoms with E-state index >= 15 is 0 Å². The van der Waals surface area contributed by atoms with Gasteiger partial charge in [0.25, 0.3) is 0 Å². The molecular formula is C9H16N2O2. The number of carbonyl (C=O) groups excluding carboxylic acids is 1. The highest BCUT2D eigenvalue weighted by atomic mass is 16.3. The minimum absolute atomic E-state index is 0.329. The van der Waals surface area contributed by atoms with Gasteiger partial charge in [-0.2, -0.15) is 0 Å². The third kappa shape index (κ3) is 6.07. The van der Waals surface area contributed by atoms with Crippen LogP contribution < -0.4 is 11.1 Å². The Morgan fingerprint density at radius 3 is 2.85 bits per heavy atom. The first kappa shape index (κ1) is 11.9. The Hall–Kier alpha value is -1.13. The standard InChI is InChI=1S/C9H16N2O2/c1-2-3-4-5-6-11-9(13)8(10)7-12/h2-5,8,12H,6-7,10H2,1H3,(H,11,13)/b3-2-,5-4-/t8-/m0/s1. The zero-order valence-corrected chi connectivity index (χ0v) is 7.73. The SMILES string of the molecule is C/C=C\C=C/CNC(=O)[C@@H](N)CO. The van der Waals surface area contributed by atoms with Crippen LogP contribution in [0.25, 0.3) is 0 Å². The van der Waals surface area contributed by atoms with Gasteiger partial charge in [0, 0.05) is 6.54 Å². The highest BCUT2D eigenvalue weighted by Gasteiger charge is 2.09. The van der Waals surface area contributed by atoms with E-state index in [1.54, 1.807) is 6.08 Å². The summed E-state index contributed by atoms with van der Waals surface area (Å²) in [5, 5.41) is 11.1. The van der Waals surface area contributed by atoms with Crippen LogP contribution in [0, 0.1) is 0 Å². The van der Waals surface area contributed by atoms with E-state index in [9.17, 15) is 4.79 Å². The van der Waals surface area contributed by atoms with Crippen molar-refractivity contribution in [3.8, 4) is 0 Å². The van der Waals surface area contributed by atoms with Crippen LogP contribution in [0.3, 0.4) is 0 Å². The maximum absolute atomic E-state index is 11.0. The quantitative estimate of drug-likeness (QED) is 0.507. The maximum atomic E-state index is 11.0. The summed E-state index contributed by atoms with van der Waals surface area (Å²) in [5.74, 6) is -0.340. The number of hydrogen-bond donors (Lipinski definition) is 3. The Labute approximate surface area is 78.1 Å². The van der Waals surface area contributed by atoms with Crippen LogP contribution in [0.5, 0.6) is 0 Å². The lowest BCUT2D eigenvalue weighted by Gasteiger charge is -2.06. The average Bonchev–Trinajstić information content (AvgIpc) is 2.16. The number of aliphatic hydroxyl groups is 1. The van der Waals surface area contributed by atoms with Crippen molar-refractivity contribution in [1.29, 1.82) is 0 Å². The van der Waals surface area contributed by atoms with Gasteiger partial charge in [0.1, 0.15) is 6.04 Å². The number of hydrogen-bond acceptors (Lipinski definition) is 3. The number of allylic oxidation sites excluding steroid dienone is 3. The molecule has 0 rings (SSSR count). The van der Waals surface area contributed by atoms with Gasteiger partial charge in [-0.3, -0.25) is 4.79 Å². The summed E-state index contributed by atoms with van der Waals surface area (Å²) in [7, 11) is 0. The predicted molar refractivity (Wildman–Crippen MR) is 52.0 cm³/mol. The molecule has 1 atom stereocenters. The molecule has 0 aliphatic carbocycles. The average molecular weight is 184 g/mol. The molecule has 0 fully saturated rings. The van der Waals surface area contributed by atoms with Crippen LogP contribution >= 0.6 is 0 Å². The summed E-state index contributed by atoms with van der Waals surface area (Å²) >= 11 is 0. The summed E-state index contributed by atoms with van der Waals surface area (Å²) in [6, 6.07) is -0.824. The first-order valence-corrected chi connectivity index (χ1v) is 4.14. The molecular weight excluding hydrogens is 168 g/mol. The lowest BCUT2D eigenvalue weighted by Crippen LogP contribution is -2.42. The number of amides is 1. The largest absolute Gasteiger partial charge is 0.394 e. The van der Waals surface area contributed by atoms with Crippen molar-refractivity contribution < 1.29 is 9.90 Å². The lowest BCUT2D eigenvalue weighted by atomic mass is 10.3. The van der Waals surface area contributed by atoms with Gasteiger partial charge < -0.3 is 16.2 Å². The van der Waals surface area contributed by atoms with Crippen molar-refractivity contribution in [2.24, 2.45) is 5.73 Å². The fraction of sp³-hybridized carbons (Fsp3) is 0.444. The van der Waals surface area contributed by atoms with Gasteiger partial charge in [-0.05, 0) is 6.92 Å². The van der Waals surface area contributed by atoms with Crippen molar-refractivity contribution in [3.05, 3.63) is 24.3 Å². The van der Waals surface area contributed by atoms with E-state index < -0.39 is 6.04 Å². The molecule has 0 aromatic rings. The van der Waals surface area contributed by atoms with Crippen molar-refractivity contribution >= 4 is 5.91 Å². The molecule has 1 amide bonds. The monoisotopic (exact) mass is 184 g/mol. The van der Waals surface area contributed by atoms with Crippen LogP contribution in [0.2, 0.25) is 0 Å². The van der Waals surface area contributed by atoms with Crippen LogP contribution in [-0.4, -0.2) is 30.2 Å². The zero-order chi connectivity index (χ0) is 10.1. The van der Waals surface area contributed by atoms with Crippen LogP contribution in [0.4, 0.5) is 0 Å². The molecule has 0 aromatic heterocycles. The van der Waals surface area contributed by atoms with E-state index in [0.717, 1.165) is 0 Å². The third-order valence-electron chi connectivity index (χ3n) is 1.37. The molecule has 0 aliphatic heterocycles. The van der Waals surface area contributed by atoms with E-state index in [0.29, 0.717) is 6.54 Å². The Morgan fingerprint density at radius 1 is 1.62 bits per heavy atom. The predicted octanol–water partition coefficient (Wildman–Crippen LogP) is -0.445. The Balaban J connectivity index is 3.59. The fourth-order valence-corrected chi connectivity index (χ4v) is 0.631. The lowest BCUT2D eigenvalue weighted by molar-refractivity contribution is -0.122. The second kappa shape index (κ2) is 7.52. The molecule has 0 bridgehead atoms. The van der Waals surface area contributed by atoms with E-state index in [-0.39, 0.29) is 12.5 Å². The molecule has 4 nitrogen and oxygen atoms in total. The third-order valence-corrected chi connectivity index (χ3v) is 1.37. The zero-order valence-electron chi connectivity index (χ0n) is 7.73. The fourth-order valence-electron chi connectivity index (χ4n) is 0.631. The Kier molecular flexibility index (Phi) is 6.86. The Bertz CT molecular complexity index is 200. The second-order valence-corrected chi connectivity index (χ2v) is 2.49. The summed E-state index contributed by atoms with van der Waals surface area (Å²) in [4.78, 5) is 11.0. The number of aliphatic hydroxyl groups excluding tert-OH is 1. The van der Waals surface area contributed by atoms with Gasteiger partial charge in [-0.1, -0.05) is 24.3 Å². The number of nitrogens with one attached hydrogen (secondary N) is 1. The van der Waals surface area contributed by atoms with Crippen molar-refractivity contribution in [2.75, 3.05) is 13.2 Å². The molecule has 0 unspecified atom stereocenters. The number of rotatable bonds is 5. The van der Waals surface area contributed by atoms with Gasteiger partial charge in [0.05, 0.1) is 6.61 Å². The highest BCUT2D eigenvalue weighted by molar-refractivity contribution is 5.81. The molecule has 0 aliphatic rings. The van der Waals surface area contributed by atoms with Crippen molar-refractivity contribution in [3.63, 3.8) is 0 Å². The van der Waals surface area contributed by atoms with Crippen molar-refractivity contribution in [1.82, 2.24) is 5.32 Å². The second-order valence-electron chi connectivity index (χ2n) is 2.49. The normalized spacial score (nSPS) is 13.8. The molecule has 13 heavy (non-hydrogen) atoms. The molecule has 0 saturated carbocycles. The van der Waals surface area contributed by atoms with E-state index in [1.807, 2.05) is 25.2 Å². The van der Waals surface area contributed by atoms with Gasteiger partial charge >= 0.3 is 0 Å². The summed E-state index contributed by atoms with van der Waals surface area (Å²) in [6.45, 7) is 2.01. The van der Waals surface area contributed by atoms with Crippen molar-refractivity contribution in [2.45, 2.75) is 13.0 Å². The number of carbonyl (C=O) groups is 1. The minimum atomic E-state index is -0.824. The molecule has 0 heterocycles. The maximum Gasteiger partial charge on any atom is 0.239 e. The van der Waals surface area contributed by atoms with Gasteiger partial charge in [0.15, 0.2) is 0 Å². The first-order valence-electron chi connectivity index (χ1n) is 4.14. The molecule has 4 N–H and O–H groups in total. The van der Waals surface area contributed by atoms with Gasteiger partial charge in [-0.25, -0.2) is 0 Å². The van der Waals surface area contributed by atoms with E-state index in [1.165, 1.54) is 0 Å². The smallest absolute Gasteiger partial charge is 0.239 e. The first-order chi connectivity index (χ1) is 6.22. The Morgan fingerprint density at radius 2 is 2.31 bits per heavy atom. The van der Waals surface area contributed by atoms with Crippen LogP contribution in [-0.2, 0) is 4.79 Å². The minimum Gasteiger partial charge on any atom is -0.394 e. The summed E-state index contributed by atoms with van der Waals surface area (Å²) in [6.07, 6.45) is 7.36. The highest BCUT2D eigenvalue weighted by Crippen LogP contribution is 1.78. The van der Waals surface area contributed by atoms with Crippen LogP contribution in [0.15, 0.2) is 24.3 Å². The number of nitrogens with two attached hydrogens (primary N) is 1. The summed E-state index contributed by atoms with van der Waals surface area (Å²) in [5.41, 5.74) is 5.26. The molecule has 0 radical (unpaired) electrons. The van der Waals surface area contributed by atoms with Gasteiger partial charge in [-0.15, -0.1) is 0 Å². The molecule has 0 aromatic carbocycles. The molecule has 74 valence electrons. The van der Waals surface area contributed by atoms with Gasteiger partial charge in [0.2, 0.25) is 5.91 Å². The molecule has 0 spiro atoms. The topological polar surface area (TPSA) is 75.4 Å². The van der Waals surface area contributed by atoms with Crippen LogP contribution in [0.1, 0.15) is 6.92 Å². The van der Waals surface area contributed by atoms with E-state index in [2.05, 4.69) is 5.32 Å². The molecule has 4 heteroatoms. The van der Waals surface area contributed by atoms with E-state index in [4.69, 9.17) is 10.8 Å². The summed E-state index contributed by atoms with van der Waals surface area (Å²) < 4.78 is 0.